The lowest BCUT2D eigenvalue weighted by Crippen LogP contribution is -2.29. The number of carbonyl (C=O) groups is 2. The van der Waals surface area contributed by atoms with Gasteiger partial charge < -0.3 is 25.0 Å². The third-order valence-corrected chi connectivity index (χ3v) is 5.61. The zero-order valence-corrected chi connectivity index (χ0v) is 15.8. The van der Waals surface area contributed by atoms with Crippen molar-refractivity contribution in [2.24, 2.45) is 0 Å². The van der Waals surface area contributed by atoms with E-state index in [-0.39, 0.29) is 29.1 Å². The van der Waals surface area contributed by atoms with Crippen LogP contribution in [0.5, 0.6) is 0 Å². The topological polar surface area (TPSA) is 112 Å². The van der Waals surface area contributed by atoms with E-state index >= 15 is 4.39 Å². The fourth-order valence-corrected chi connectivity index (χ4v) is 4.14. The minimum atomic E-state index is -1.39. The number of hydrogen-bond acceptors (Lipinski definition) is 5. The van der Waals surface area contributed by atoms with Gasteiger partial charge in [-0.25, -0.2) is 13.6 Å². The predicted octanol–water partition coefficient (Wildman–Crippen LogP) is 1.73. The van der Waals surface area contributed by atoms with Crippen LogP contribution in [0.2, 0.25) is 0 Å². The second-order valence-electron chi connectivity index (χ2n) is 7.50. The van der Waals surface area contributed by atoms with Crippen molar-refractivity contribution in [2.45, 2.75) is 18.9 Å². The number of pyridine rings is 1. The number of carboxylic acids is 1. The molecule has 0 spiro atoms. The Balaban J connectivity index is 0.000000687. The van der Waals surface area contributed by atoms with Crippen LogP contribution in [-0.4, -0.2) is 53.4 Å². The molecule has 0 amide bonds. The Kier molecular flexibility index (Phi) is 5.02. The normalized spacial score (nSPS) is 17.7. The molecule has 3 heterocycles. The summed E-state index contributed by atoms with van der Waals surface area (Å²) in [7, 11) is 0. The van der Waals surface area contributed by atoms with E-state index in [1.807, 2.05) is 0 Å². The van der Waals surface area contributed by atoms with Crippen LogP contribution < -0.4 is 15.6 Å². The average Bonchev–Trinajstić information content (AvgIpc) is 3.31. The molecule has 3 N–H and O–H groups in total. The number of nitrogens with zero attached hydrogens (tertiary/aromatic N) is 2. The third-order valence-electron chi connectivity index (χ3n) is 5.61. The van der Waals surface area contributed by atoms with Gasteiger partial charge in [0.15, 0.2) is 5.82 Å². The Labute approximate surface area is 169 Å². The quantitative estimate of drug-likeness (QED) is 0.513. The molecule has 1 aromatic heterocycles. The van der Waals surface area contributed by atoms with E-state index in [2.05, 4.69) is 5.32 Å². The van der Waals surface area contributed by atoms with Gasteiger partial charge in [-0.1, -0.05) is 0 Å². The molecule has 2 aliphatic heterocycles. The van der Waals surface area contributed by atoms with Crippen LogP contribution >= 0.6 is 0 Å². The first-order chi connectivity index (χ1) is 14.4. The van der Waals surface area contributed by atoms with Crippen molar-refractivity contribution in [3.8, 4) is 0 Å². The molecule has 8 nitrogen and oxygen atoms in total. The van der Waals surface area contributed by atoms with Gasteiger partial charge in [-0.15, -0.1) is 0 Å². The van der Waals surface area contributed by atoms with Gasteiger partial charge in [0.05, 0.1) is 10.9 Å². The van der Waals surface area contributed by atoms with E-state index in [1.54, 1.807) is 4.90 Å². The Morgan fingerprint density at radius 1 is 1.20 bits per heavy atom. The molecule has 0 unspecified atom stereocenters. The Bertz CT molecular complexity index is 1140. The summed E-state index contributed by atoms with van der Waals surface area (Å²) in [5.41, 5.74) is 0.825. The Morgan fingerprint density at radius 3 is 2.33 bits per heavy atom. The zero-order valence-electron chi connectivity index (χ0n) is 15.8. The van der Waals surface area contributed by atoms with Gasteiger partial charge in [0, 0.05) is 38.4 Å². The van der Waals surface area contributed by atoms with Gasteiger partial charge in [-0.3, -0.25) is 9.59 Å². The average molecular weight is 419 g/mol. The lowest BCUT2D eigenvalue weighted by Gasteiger charge is -2.23. The van der Waals surface area contributed by atoms with Crippen LogP contribution in [0.1, 0.15) is 29.2 Å². The largest absolute Gasteiger partial charge is 0.483 e. The maximum Gasteiger partial charge on any atom is 0.341 e. The molecule has 10 heteroatoms. The van der Waals surface area contributed by atoms with E-state index in [1.165, 1.54) is 10.8 Å². The standard InChI is InChI=1S/C19H17F2N3O3.CH2O2/c20-14-3-12-16(24(11-1-2-11)8-13(18(12)25)19(26)27)15(21)17(14)23-6-9-4-22-5-10(9)7-23;2-1-3/h3,8,11,22H,1-2,4-7H2,(H,26,27);1H,(H,2,3). The number of hydrogen-bond donors (Lipinski definition) is 3. The molecule has 158 valence electrons. The van der Waals surface area contributed by atoms with Gasteiger partial charge in [0.25, 0.3) is 6.47 Å². The number of carboxylic acid groups (broad SMARTS) is 2. The van der Waals surface area contributed by atoms with Gasteiger partial charge >= 0.3 is 5.97 Å². The summed E-state index contributed by atoms with van der Waals surface area (Å²) >= 11 is 0. The number of nitrogens with one attached hydrogen (secondary N) is 1. The molecular formula is C20H19F2N3O5. The fraction of sp³-hybridized carbons (Fsp3) is 0.350. The minimum absolute atomic E-state index is 0.00548. The van der Waals surface area contributed by atoms with Crippen molar-refractivity contribution in [3.05, 3.63) is 50.8 Å². The predicted molar refractivity (Wildman–Crippen MR) is 104 cm³/mol. The smallest absolute Gasteiger partial charge is 0.341 e. The van der Waals surface area contributed by atoms with Gasteiger partial charge in [-0.05, 0) is 30.1 Å². The second kappa shape index (κ2) is 7.52. The highest BCUT2D eigenvalue weighted by Gasteiger charge is 2.33. The Morgan fingerprint density at radius 2 is 1.80 bits per heavy atom. The van der Waals surface area contributed by atoms with Crippen molar-refractivity contribution >= 4 is 29.0 Å². The van der Waals surface area contributed by atoms with E-state index in [0.717, 1.165) is 43.1 Å². The number of anilines is 1. The fourth-order valence-electron chi connectivity index (χ4n) is 4.14. The molecule has 3 aliphatic rings. The van der Waals surface area contributed by atoms with E-state index < -0.39 is 28.6 Å². The van der Waals surface area contributed by atoms with Crippen LogP contribution in [0.4, 0.5) is 14.5 Å². The lowest BCUT2D eigenvalue weighted by molar-refractivity contribution is -0.122. The minimum Gasteiger partial charge on any atom is -0.483 e. The highest BCUT2D eigenvalue weighted by atomic mass is 19.1. The van der Waals surface area contributed by atoms with Crippen LogP contribution in [-0.2, 0) is 4.79 Å². The van der Waals surface area contributed by atoms with E-state index in [0.29, 0.717) is 13.1 Å². The Hall–Kier alpha value is -3.27. The van der Waals surface area contributed by atoms with Crippen molar-refractivity contribution < 1.29 is 28.6 Å². The highest BCUT2D eigenvalue weighted by Crippen LogP contribution is 2.40. The summed E-state index contributed by atoms with van der Waals surface area (Å²) in [6.45, 7) is 2.08. The first-order valence-corrected chi connectivity index (χ1v) is 9.40. The number of fused-ring (bicyclic) bond motifs is 1. The van der Waals surface area contributed by atoms with Gasteiger partial charge in [-0.2, -0.15) is 0 Å². The van der Waals surface area contributed by atoms with Gasteiger partial charge in [0.2, 0.25) is 5.43 Å². The van der Waals surface area contributed by atoms with E-state index in [4.69, 9.17) is 9.90 Å². The number of benzene rings is 1. The molecule has 1 aliphatic carbocycles. The summed E-state index contributed by atoms with van der Waals surface area (Å²) < 4.78 is 31.9. The molecule has 0 atom stereocenters. The van der Waals surface area contributed by atoms with Crippen molar-refractivity contribution in [2.75, 3.05) is 31.1 Å². The summed E-state index contributed by atoms with van der Waals surface area (Å²) in [5.74, 6) is -3.02. The number of halogens is 2. The highest BCUT2D eigenvalue weighted by molar-refractivity contribution is 5.94. The molecule has 1 saturated carbocycles. The third kappa shape index (κ3) is 3.22. The lowest BCUT2D eigenvalue weighted by atomic mass is 10.1. The summed E-state index contributed by atoms with van der Waals surface area (Å²) in [4.78, 5) is 33.9. The first kappa shape index (κ1) is 20.0. The molecule has 2 aromatic rings. The number of aromatic carboxylic acids is 1. The van der Waals surface area contributed by atoms with Crippen molar-refractivity contribution in [1.82, 2.24) is 9.88 Å². The second-order valence-corrected chi connectivity index (χ2v) is 7.50. The maximum absolute atomic E-state index is 15.5. The molecule has 0 radical (unpaired) electrons. The van der Waals surface area contributed by atoms with Crippen LogP contribution in [0, 0.1) is 11.6 Å². The molecule has 30 heavy (non-hydrogen) atoms. The number of rotatable bonds is 3. The monoisotopic (exact) mass is 419 g/mol. The van der Waals surface area contributed by atoms with Crippen LogP contribution in [0.25, 0.3) is 10.9 Å². The summed E-state index contributed by atoms with van der Waals surface area (Å²) in [6.07, 6.45) is 2.74. The van der Waals surface area contributed by atoms with Crippen molar-refractivity contribution in [1.29, 1.82) is 0 Å². The molecule has 1 aromatic carbocycles. The van der Waals surface area contributed by atoms with Crippen molar-refractivity contribution in [3.63, 3.8) is 0 Å². The van der Waals surface area contributed by atoms with Crippen LogP contribution in [0.3, 0.4) is 0 Å². The molecule has 0 saturated heterocycles. The molecule has 5 rings (SSSR count). The summed E-state index contributed by atoms with van der Waals surface area (Å²) in [6, 6.07) is 0.924. The van der Waals surface area contributed by atoms with E-state index in [9.17, 15) is 19.1 Å². The molecule has 0 bridgehead atoms. The van der Waals surface area contributed by atoms with Gasteiger partial charge in [0.1, 0.15) is 17.1 Å². The molecular weight excluding hydrogens is 400 g/mol. The maximum atomic E-state index is 15.5. The SMILES string of the molecule is O=C(O)c1cn(C2CC2)c2c(F)c(N3CC4=C(CNC4)C3)c(F)cc2c1=O.O=CO. The number of aromatic nitrogens is 1. The summed E-state index contributed by atoms with van der Waals surface area (Å²) in [5, 5.41) is 19.2. The first-order valence-electron chi connectivity index (χ1n) is 9.40. The molecule has 1 fully saturated rings. The zero-order chi connectivity index (χ0) is 21.6. The van der Waals surface area contributed by atoms with Crippen LogP contribution in [0.15, 0.2) is 28.2 Å².